The summed E-state index contributed by atoms with van der Waals surface area (Å²) >= 11 is 0. The second kappa shape index (κ2) is 5.53. The molecule has 1 aliphatic rings. The summed E-state index contributed by atoms with van der Waals surface area (Å²) in [7, 11) is -3.12. The van der Waals surface area contributed by atoms with E-state index >= 15 is 0 Å². The average molecular weight is 308 g/mol. The summed E-state index contributed by atoms with van der Waals surface area (Å²) in [6.07, 6.45) is 3.94. The van der Waals surface area contributed by atoms with Gasteiger partial charge in [0, 0.05) is 31.0 Å². The van der Waals surface area contributed by atoms with Crippen molar-refractivity contribution in [1.82, 2.24) is 19.4 Å². The lowest BCUT2D eigenvalue weighted by Crippen LogP contribution is -2.49. The first-order valence-electron chi connectivity index (χ1n) is 6.82. The van der Waals surface area contributed by atoms with Crippen molar-refractivity contribution in [2.45, 2.75) is 19.3 Å². The van der Waals surface area contributed by atoms with Gasteiger partial charge in [-0.3, -0.25) is 4.98 Å². The molecule has 0 aromatic carbocycles. The van der Waals surface area contributed by atoms with E-state index in [2.05, 4.69) is 15.1 Å². The monoisotopic (exact) mass is 308 g/mol. The fraction of sp³-hybridized carbons (Fsp3) is 0.462. The largest absolute Gasteiger partial charge is 0.339 e. The Morgan fingerprint density at radius 1 is 1.33 bits per heavy atom. The molecule has 0 N–H and O–H groups in total. The van der Waals surface area contributed by atoms with Crippen molar-refractivity contribution in [3.8, 4) is 11.4 Å². The van der Waals surface area contributed by atoms with E-state index in [0.717, 1.165) is 5.56 Å². The molecule has 0 bridgehead atoms. The van der Waals surface area contributed by atoms with Crippen LogP contribution in [0.4, 0.5) is 0 Å². The lowest BCUT2D eigenvalue weighted by atomic mass is 10.0. The maximum atomic E-state index is 11.9. The number of aromatic nitrogens is 3. The van der Waals surface area contributed by atoms with Gasteiger partial charge in [-0.1, -0.05) is 12.1 Å². The first kappa shape index (κ1) is 14.2. The summed E-state index contributed by atoms with van der Waals surface area (Å²) < 4.78 is 30.4. The van der Waals surface area contributed by atoms with E-state index in [0.29, 0.717) is 31.2 Å². The summed E-state index contributed by atoms with van der Waals surface area (Å²) in [4.78, 5) is 8.27. The van der Waals surface area contributed by atoms with Crippen LogP contribution in [-0.2, 0) is 10.0 Å². The van der Waals surface area contributed by atoms with Crippen molar-refractivity contribution < 1.29 is 12.9 Å². The van der Waals surface area contributed by atoms with Crippen LogP contribution in [0.1, 0.15) is 25.2 Å². The Bertz CT molecular complexity index is 708. The number of hydrogen-bond donors (Lipinski definition) is 0. The van der Waals surface area contributed by atoms with Gasteiger partial charge >= 0.3 is 0 Å². The SMILES string of the molecule is CCCS(=O)(=O)N1CC(c2nc(-c3ccncc3)no2)C1. The van der Waals surface area contributed by atoms with Crippen LogP contribution >= 0.6 is 0 Å². The lowest BCUT2D eigenvalue weighted by molar-refractivity contribution is 0.217. The molecule has 1 aliphatic heterocycles. The predicted octanol–water partition coefficient (Wildman–Crippen LogP) is 1.27. The van der Waals surface area contributed by atoms with E-state index in [1.165, 1.54) is 4.31 Å². The van der Waals surface area contributed by atoms with Crippen LogP contribution in [-0.4, -0.2) is 46.7 Å². The third kappa shape index (κ3) is 2.81. The minimum Gasteiger partial charge on any atom is -0.339 e. The standard InChI is InChI=1S/C13H16N4O3S/c1-2-7-21(18,19)17-8-11(9-17)13-15-12(16-20-13)10-3-5-14-6-4-10/h3-6,11H,2,7-9H2,1H3. The highest BCUT2D eigenvalue weighted by molar-refractivity contribution is 7.89. The molecule has 0 atom stereocenters. The van der Waals surface area contributed by atoms with Crippen molar-refractivity contribution in [1.29, 1.82) is 0 Å². The molecule has 0 spiro atoms. The number of pyridine rings is 1. The van der Waals surface area contributed by atoms with Crippen molar-refractivity contribution in [3.63, 3.8) is 0 Å². The molecule has 0 aliphatic carbocycles. The van der Waals surface area contributed by atoms with Crippen molar-refractivity contribution in [3.05, 3.63) is 30.4 Å². The second-order valence-corrected chi connectivity index (χ2v) is 7.11. The molecule has 7 nitrogen and oxygen atoms in total. The molecule has 2 aromatic rings. The Balaban J connectivity index is 1.67. The quantitative estimate of drug-likeness (QED) is 0.826. The van der Waals surface area contributed by atoms with E-state index in [9.17, 15) is 8.42 Å². The van der Waals surface area contributed by atoms with Crippen LogP contribution in [0.2, 0.25) is 0 Å². The van der Waals surface area contributed by atoms with E-state index in [1.807, 2.05) is 6.92 Å². The predicted molar refractivity (Wildman–Crippen MR) is 75.9 cm³/mol. The molecule has 3 rings (SSSR count). The Hall–Kier alpha value is -1.80. The van der Waals surface area contributed by atoms with Gasteiger partial charge in [-0.2, -0.15) is 4.98 Å². The third-order valence-electron chi connectivity index (χ3n) is 3.43. The topological polar surface area (TPSA) is 89.2 Å². The number of hydrogen-bond acceptors (Lipinski definition) is 6. The highest BCUT2D eigenvalue weighted by Crippen LogP contribution is 2.29. The number of sulfonamides is 1. The zero-order chi connectivity index (χ0) is 14.9. The molecule has 21 heavy (non-hydrogen) atoms. The molecule has 8 heteroatoms. The highest BCUT2D eigenvalue weighted by Gasteiger charge is 2.39. The summed E-state index contributed by atoms with van der Waals surface area (Å²) in [5, 5.41) is 3.93. The Kier molecular flexibility index (Phi) is 3.73. The van der Waals surface area contributed by atoms with Gasteiger partial charge in [0.25, 0.3) is 0 Å². The molecular weight excluding hydrogens is 292 g/mol. The molecule has 0 radical (unpaired) electrons. The van der Waals surface area contributed by atoms with Crippen LogP contribution in [0.3, 0.4) is 0 Å². The van der Waals surface area contributed by atoms with Crippen LogP contribution in [0.15, 0.2) is 29.0 Å². The zero-order valence-electron chi connectivity index (χ0n) is 11.6. The van der Waals surface area contributed by atoms with E-state index < -0.39 is 10.0 Å². The molecule has 0 amide bonds. The van der Waals surface area contributed by atoms with E-state index in [4.69, 9.17) is 4.52 Å². The van der Waals surface area contributed by atoms with Crippen LogP contribution < -0.4 is 0 Å². The molecule has 1 saturated heterocycles. The summed E-state index contributed by atoms with van der Waals surface area (Å²) in [5.74, 6) is 1.16. The van der Waals surface area contributed by atoms with Gasteiger partial charge in [0.2, 0.25) is 21.7 Å². The average Bonchev–Trinajstić information content (AvgIpc) is 2.87. The lowest BCUT2D eigenvalue weighted by Gasteiger charge is -2.35. The van der Waals surface area contributed by atoms with E-state index in [1.54, 1.807) is 24.5 Å². The zero-order valence-corrected chi connectivity index (χ0v) is 12.5. The Morgan fingerprint density at radius 2 is 2.05 bits per heavy atom. The summed E-state index contributed by atoms with van der Waals surface area (Å²) in [5.41, 5.74) is 0.829. The van der Waals surface area contributed by atoms with Gasteiger partial charge in [-0.15, -0.1) is 0 Å². The number of nitrogens with zero attached hydrogens (tertiary/aromatic N) is 4. The maximum absolute atomic E-state index is 11.9. The van der Waals surface area contributed by atoms with Crippen LogP contribution in [0.5, 0.6) is 0 Å². The van der Waals surface area contributed by atoms with Crippen molar-refractivity contribution in [2.24, 2.45) is 0 Å². The molecule has 112 valence electrons. The fourth-order valence-electron chi connectivity index (χ4n) is 2.23. The van der Waals surface area contributed by atoms with Crippen LogP contribution in [0, 0.1) is 0 Å². The Morgan fingerprint density at radius 3 is 2.71 bits per heavy atom. The Labute approximate surface area is 123 Å². The molecule has 1 fully saturated rings. The van der Waals surface area contributed by atoms with Gasteiger partial charge in [-0.25, -0.2) is 12.7 Å². The smallest absolute Gasteiger partial charge is 0.232 e. The first-order chi connectivity index (χ1) is 10.1. The highest BCUT2D eigenvalue weighted by atomic mass is 32.2. The van der Waals surface area contributed by atoms with Gasteiger partial charge < -0.3 is 4.52 Å². The summed E-state index contributed by atoms with van der Waals surface area (Å²) in [6.45, 7) is 2.69. The van der Waals surface area contributed by atoms with Crippen molar-refractivity contribution >= 4 is 10.0 Å². The first-order valence-corrected chi connectivity index (χ1v) is 8.43. The minimum absolute atomic E-state index is 0.0141. The molecule has 2 aromatic heterocycles. The van der Waals surface area contributed by atoms with Crippen molar-refractivity contribution in [2.75, 3.05) is 18.8 Å². The molecule has 0 saturated carbocycles. The third-order valence-corrected chi connectivity index (χ3v) is 5.44. The molecule has 0 unspecified atom stereocenters. The van der Waals surface area contributed by atoms with Gasteiger partial charge in [-0.05, 0) is 18.6 Å². The van der Waals surface area contributed by atoms with Gasteiger partial charge in [0.05, 0.1) is 11.7 Å². The maximum Gasteiger partial charge on any atom is 0.232 e. The van der Waals surface area contributed by atoms with Crippen LogP contribution in [0.25, 0.3) is 11.4 Å². The van der Waals surface area contributed by atoms with Gasteiger partial charge in [0.15, 0.2) is 0 Å². The van der Waals surface area contributed by atoms with E-state index in [-0.39, 0.29) is 11.7 Å². The van der Waals surface area contributed by atoms with Gasteiger partial charge in [0.1, 0.15) is 0 Å². The number of rotatable bonds is 5. The fourth-order valence-corrected chi connectivity index (χ4v) is 3.82. The molecular formula is C13H16N4O3S. The minimum atomic E-state index is -3.12. The molecule has 3 heterocycles. The normalized spacial score (nSPS) is 16.8. The summed E-state index contributed by atoms with van der Waals surface area (Å²) in [6, 6.07) is 3.60. The second-order valence-electron chi connectivity index (χ2n) is 5.02.